The minimum Gasteiger partial charge on any atom is -0.469 e. The van der Waals surface area contributed by atoms with Crippen molar-refractivity contribution in [2.75, 3.05) is 6.54 Å². The molecule has 84 valence electrons. The molecule has 3 N–H and O–H groups in total. The molecule has 1 unspecified atom stereocenters. The number of rotatable bonds is 5. The van der Waals surface area contributed by atoms with Crippen LogP contribution in [0.4, 0.5) is 0 Å². The van der Waals surface area contributed by atoms with E-state index in [4.69, 9.17) is 10.2 Å². The molecule has 0 radical (unpaired) electrons. The van der Waals surface area contributed by atoms with Gasteiger partial charge >= 0.3 is 0 Å². The van der Waals surface area contributed by atoms with Crippen molar-refractivity contribution in [1.82, 2.24) is 5.32 Å². The van der Waals surface area contributed by atoms with E-state index in [2.05, 4.69) is 12.2 Å². The summed E-state index contributed by atoms with van der Waals surface area (Å²) in [5.74, 6) is 1.04. The van der Waals surface area contributed by atoms with E-state index in [9.17, 15) is 0 Å². The Hall–Kier alpha value is -0.800. The molecule has 1 atom stereocenters. The molecule has 3 nitrogen and oxygen atoms in total. The average molecular weight is 208 g/mol. The molecule has 1 saturated carbocycles. The lowest BCUT2D eigenvalue weighted by Crippen LogP contribution is -2.55. The van der Waals surface area contributed by atoms with Crippen LogP contribution in [-0.2, 0) is 6.42 Å². The quantitative estimate of drug-likeness (QED) is 0.774. The van der Waals surface area contributed by atoms with E-state index >= 15 is 0 Å². The van der Waals surface area contributed by atoms with Crippen molar-refractivity contribution >= 4 is 0 Å². The Kier molecular flexibility index (Phi) is 3.12. The van der Waals surface area contributed by atoms with Gasteiger partial charge in [0.2, 0.25) is 0 Å². The van der Waals surface area contributed by atoms with Crippen molar-refractivity contribution in [3.8, 4) is 0 Å². The first-order valence-electron chi connectivity index (χ1n) is 5.73. The summed E-state index contributed by atoms with van der Waals surface area (Å²) in [6, 6.07) is 4.37. The molecule has 1 heterocycles. The van der Waals surface area contributed by atoms with Crippen molar-refractivity contribution in [1.29, 1.82) is 0 Å². The third-order valence-corrected chi connectivity index (χ3v) is 3.24. The molecule has 0 saturated heterocycles. The third kappa shape index (κ3) is 2.83. The fraction of sp³-hybridized carbons (Fsp3) is 0.667. The Morgan fingerprint density at radius 2 is 2.40 bits per heavy atom. The maximum Gasteiger partial charge on any atom is 0.105 e. The van der Waals surface area contributed by atoms with Crippen LogP contribution in [0.15, 0.2) is 22.8 Å². The van der Waals surface area contributed by atoms with Crippen LogP contribution < -0.4 is 11.1 Å². The van der Waals surface area contributed by atoms with Crippen molar-refractivity contribution < 1.29 is 4.42 Å². The van der Waals surface area contributed by atoms with Crippen LogP contribution >= 0.6 is 0 Å². The fourth-order valence-corrected chi connectivity index (χ4v) is 1.99. The molecule has 15 heavy (non-hydrogen) atoms. The van der Waals surface area contributed by atoms with Crippen LogP contribution in [0, 0.1) is 0 Å². The zero-order valence-electron chi connectivity index (χ0n) is 9.33. The van der Waals surface area contributed by atoms with Crippen LogP contribution in [0.1, 0.15) is 31.9 Å². The minimum absolute atomic E-state index is 0.0669. The highest BCUT2D eigenvalue weighted by Crippen LogP contribution is 2.28. The van der Waals surface area contributed by atoms with Crippen molar-refractivity contribution in [3.63, 3.8) is 0 Å². The zero-order chi connectivity index (χ0) is 10.7. The summed E-state index contributed by atoms with van der Waals surface area (Å²) in [5.41, 5.74) is 6.21. The number of nitrogens with one attached hydrogen (secondary N) is 1. The molecular weight excluding hydrogens is 188 g/mol. The summed E-state index contributed by atoms with van der Waals surface area (Å²) < 4.78 is 5.31. The van der Waals surface area contributed by atoms with Gasteiger partial charge in [-0.3, -0.25) is 0 Å². The summed E-state index contributed by atoms with van der Waals surface area (Å²) in [5, 5.41) is 3.48. The van der Waals surface area contributed by atoms with Crippen LogP contribution in [0.2, 0.25) is 0 Å². The van der Waals surface area contributed by atoms with E-state index in [0.29, 0.717) is 6.04 Å². The van der Waals surface area contributed by atoms with Crippen LogP contribution in [-0.4, -0.2) is 18.1 Å². The molecule has 0 bridgehead atoms. The lowest BCUT2D eigenvalue weighted by atomic mass is 9.77. The van der Waals surface area contributed by atoms with Gasteiger partial charge in [0, 0.05) is 24.5 Å². The second-order valence-corrected chi connectivity index (χ2v) is 4.78. The van der Waals surface area contributed by atoms with Gasteiger partial charge in [-0.1, -0.05) is 0 Å². The summed E-state index contributed by atoms with van der Waals surface area (Å²) in [6.45, 7) is 3.10. The lowest BCUT2D eigenvalue weighted by molar-refractivity contribution is 0.231. The highest BCUT2D eigenvalue weighted by atomic mass is 16.3. The van der Waals surface area contributed by atoms with Crippen molar-refractivity contribution in [3.05, 3.63) is 24.2 Å². The van der Waals surface area contributed by atoms with Crippen LogP contribution in [0.3, 0.4) is 0 Å². The van der Waals surface area contributed by atoms with E-state index in [0.717, 1.165) is 31.6 Å². The van der Waals surface area contributed by atoms with Crippen molar-refractivity contribution in [2.45, 2.75) is 44.2 Å². The highest BCUT2D eigenvalue weighted by Gasteiger charge is 2.32. The molecule has 1 aliphatic carbocycles. The van der Waals surface area contributed by atoms with Gasteiger partial charge in [0.25, 0.3) is 0 Å². The normalized spacial score (nSPS) is 20.9. The van der Waals surface area contributed by atoms with Gasteiger partial charge in [-0.2, -0.15) is 0 Å². The lowest BCUT2D eigenvalue weighted by Gasteiger charge is -2.39. The standard InChI is InChI=1S/C12H20N2O/c1-10(8-11-4-2-7-15-11)14-9-12(13)5-3-6-12/h2,4,7,10,14H,3,5-6,8-9,13H2,1H3. The minimum atomic E-state index is 0.0669. The second kappa shape index (κ2) is 4.37. The van der Waals surface area contributed by atoms with Gasteiger partial charge in [0.15, 0.2) is 0 Å². The van der Waals surface area contributed by atoms with Crippen LogP contribution in [0.25, 0.3) is 0 Å². The summed E-state index contributed by atoms with van der Waals surface area (Å²) >= 11 is 0. The third-order valence-electron chi connectivity index (χ3n) is 3.24. The fourth-order valence-electron chi connectivity index (χ4n) is 1.99. The predicted molar refractivity (Wildman–Crippen MR) is 60.6 cm³/mol. The first-order chi connectivity index (χ1) is 7.18. The Morgan fingerprint density at radius 3 is 2.93 bits per heavy atom. The molecule has 1 fully saturated rings. The topological polar surface area (TPSA) is 51.2 Å². The largest absolute Gasteiger partial charge is 0.469 e. The van der Waals surface area contributed by atoms with Crippen LogP contribution in [0.5, 0.6) is 0 Å². The SMILES string of the molecule is CC(Cc1ccco1)NCC1(N)CCC1. The molecule has 3 heteroatoms. The van der Waals surface area contributed by atoms with Gasteiger partial charge in [-0.25, -0.2) is 0 Å². The molecule has 1 aromatic heterocycles. The first kappa shape index (κ1) is 10.7. The summed E-state index contributed by atoms with van der Waals surface area (Å²) in [4.78, 5) is 0. The van der Waals surface area contributed by atoms with Gasteiger partial charge in [0.1, 0.15) is 5.76 Å². The maximum absolute atomic E-state index is 6.14. The smallest absolute Gasteiger partial charge is 0.105 e. The van der Waals surface area contributed by atoms with Gasteiger partial charge < -0.3 is 15.5 Å². The van der Waals surface area contributed by atoms with E-state index in [-0.39, 0.29) is 5.54 Å². The maximum atomic E-state index is 6.14. The van der Waals surface area contributed by atoms with Gasteiger partial charge in [-0.15, -0.1) is 0 Å². The zero-order valence-corrected chi connectivity index (χ0v) is 9.33. The van der Waals surface area contributed by atoms with E-state index in [1.54, 1.807) is 6.26 Å². The number of hydrogen-bond acceptors (Lipinski definition) is 3. The van der Waals surface area contributed by atoms with E-state index in [1.807, 2.05) is 12.1 Å². The average Bonchev–Trinajstić information content (AvgIpc) is 2.64. The molecular formula is C12H20N2O. The number of hydrogen-bond donors (Lipinski definition) is 2. The number of nitrogens with two attached hydrogens (primary N) is 1. The number of furan rings is 1. The Morgan fingerprint density at radius 1 is 1.60 bits per heavy atom. The van der Waals surface area contributed by atoms with E-state index < -0.39 is 0 Å². The van der Waals surface area contributed by atoms with Gasteiger partial charge in [-0.05, 0) is 38.3 Å². The molecule has 1 aliphatic rings. The molecule has 0 amide bonds. The van der Waals surface area contributed by atoms with Gasteiger partial charge in [0.05, 0.1) is 6.26 Å². The molecule has 0 spiro atoms. The van der Waals surface area contributed by atoms with Crippen molar-refractivity contribution in [2.24, 2.45) is 5.73 Å². The summed E-state index contributed by atoms with van der Waals surface area (Å²) in [7, 11) is 0. The molecule has 2 rings (SSSR count). The highest BCUT2D eigenvalue weighted by molar-refractivity contribution is 5.01. The van der Waals surface area contributed by atoms with E-state index in [1.165, 1.54) is 6.42 Å². The molecule has 1 aromatic rings. The summed E-state index contributed by atoms with van der Waals surface area (Å²) in [6.07, 6.45) is 6.26. The Labute approximate surface area is 91.0 Å². The second-order valence-electron chi connectivity index (χ2n) is 4.78. The molecule has 0 aromatic carbocycles. The Bertz CT molecular complexity index is 291. The molecule has 0 aliphatic heterocycles. The predicted octanol–water partition coefficient (Wildman–Crippen LogP) is 1.68. The monoisotopic (exact) mass is 208 g/mol. The first-order valence-corrected chi connectivity index (χ1v) is 5.73. The Balaban J connectivity index is 1.70.